The quantitative estimate of drug-likeness (QED) is 0.613. The standard InChI is InChI=1S/C21H26N6OS2/c1-15-8-11-26(12-9-15)20-24-25-21(27(20)16-6-7-16)30-14-19(28)23-17-4-2-3-5-18(17)29-13-10-22/h2-5,15-16H,6-9,11-14H2,1H3,(H,23,28). The molecule has 9 heteroatoms. The zero-order valence-corrected chi connectivity index (χ0v) is 18.7. The number of aromatic nitrogens is 3. The van der Waals surface area contributed by atoms with Gasteiger partial charge in [-0.1, -0.05) is 30.8 Å². The van der Waals surface area contributed by atoms with Crippen molar-refractivity contribution in [1.29, 1.82) is 5.26 Å². The van der Waals surface area contributed by atoms with Gasteiger partial charge in [-0.25, -0.2) is 0 Å². The first-order chi connectivity index (χ1) is 14.7. The molecule has 0 bridgehead atoms. The Morgan fingerprint density at radius 1 is 1.20 bits per heavy atom. The number of nitriles is 1. The molecular weight excluding hydrogens is 416 g/mol. The highest BCUT2D eigenvalue weighted by Gasteiger charge is 2.32. The smallest absolute Gasteiger partial charge is 0.234 e. The van der Waals surface area contributed by atoms with Crippen molar-refractivity contribution in [3.8, 4) is 6.07 Å². The molecule has 1 aliphatic carbocycles. The molecule has 2 fully saturated rings. The molecule has 1 amide bonds. The molecular formula is C21H26N6OS2. The fourth-order valence-electron chi connectivity index (χ4n) is 3.57. The molecule has 1 aromatic carbocycles. The highest BCUT2D eigenvalue weighted by Crippen LogP contribution is 2.41. The molecule has 1 saturated carbocycles. The van der Waals surface area contributed by atoms with Crippen molar-refractivity contribution in [2.45, 2.75) is 48.7 Å². The molecule has 1 aliphatic heterocycles. The third kappa shape index (κ3) is 5.10. The van der Waals surface area contributed by atoms with Crippen LogP contribution in [0.1, 0.15) is 38.6 Å². The minimum Gasteiger partial charge on any atom is -0.341 e. The maximum Gasteiger partial charge on any atom is 0.234 e. The van der Waals surface area contributed by atoms with Crippen LogP contribution in [-0.4, -0.2) is 45.3 Å². The SMILES string of the molecule is CC1CCN(c2nnc(SCC(=O)Nc3ccccc3SCC#N)n2C2CC2)CC1. The Labute approximate surface area is 185 Å². The van der Waals surface area contributed by atoms with Gasteiger partial charge in [0.05, 0.1) is 23.3 Å². The Hall–Kier alpha value is -2.18. The molecule has 1 aromatic heterocycles. The molecule has 0 spiro atoms. The molecule has 0 unspecified atom stereocenters. The zero-order chi connectivity index (χ0) is 20.9. The lowest BCUT2D eigenvalue weighted by molar-refractivity contribution is -0.113. The van der Waals surface area contributed by atoms with E-state index in [1.54, 1.807) is 0 Å². The molecule has 2 aliphatic rings. The number of amides is 1. The van der Waals surface area contributed by atoms with Crippen LogP contribution in [-0.2, 0) is 4.79 Å². The summed E-state index contributed by atoms with van der Waals surface area (Å²) in [5.41, 5.74) is 0.745. The first-order valence-electron chi connectivity index (χ1n) is 10.4. The lowest BCUT2D eigenvalue weighted by Gasteiger charge is -2.31. The van der Waals surface area contributed by atoms with Gasteiger partial charge >= 0.3 is 0 Å². The van der Waals surface area contributed by atoms with Crippen LogP contribution in [0.15, 0.2) is 34.3 Å². The van der Waals surface area contributed by atoms with Crippen molar-refractivity contribution < 1.29 is 4.79 Å². The van der Waals surface area contributed by atoms with E-state index in [4.69, 9.17) is 5.26 Å². The molecule has 2 heterocycles. The van der Waals surface area contributed by atoms with E-state index in [0.29, 0.717) is 11.8 Å². The predicted octanol–water partition coefficient (Wildman–Crippen LogP) is 4.20. The van der Waals surface area contributed by atoms with E-state index in [1.807, 2.05) is 24.3 Å². The summed E-state index contributed by atoms with van der Waals surface area (Å²) in [5.74, 6) is 2.28. The van der Waals surface area contributed by atoms with Crippen LogP contribution in [0.4, 0.5) is 11.6 Å². The monoisotopic (exact) mass is 442 g/mol. The van der Waals surface area contributed by atoms with E-state index in [2.05, 4.69) is 38.0 Å². The Balaban J connectivity index is 1.40. The fraction of sp³-hybridized carbons (Fsp3) is 0.524. The summed E-state index contributed by atoms with van der Waals surface area (Å²) in [6.07, 6.45) is 4.67. The summed E-state index contributed by atoms with van der Waals surface area (Å²) in [5, 5.41) is 21.5. The van der Waals surface area contributed by atoms with Gasteiger partial charge in [0.15, 0.2) is 5.16 Å². The van der Waals surface area contributed by atoms with Crippen LogP contribution >= 0.6 is 23.5 Å². The van der Waals surface area contributed by atoms with Gasteiger partial charge in [0, 0.05) is 24.0 Å². The van der Waals surface area contributed by atoms with Gasteiger partial charge in [0.25, 0.3) is 0 Å². The number of carbonyl (C=O) groups is 1. The molecule has 30 heavy (non-hydrogen) atoms. The first kappa shape index (κ1) is 21.1. The molecule has 2 aromatic rings. The molecule has 0 atom stereocenters. The van der Waals surface area contributed by atoms with Crippen molar-refractivity contribution >= 4 is 41.1 Å². The lowest BCUT2D eigenvalue weighted by atomic mass is 10.00. The summed E-state index contributed by atoms with van der Waals surface area (Å²) in [4.78, 5) is 15.8. The van der Waals surface area contributed by atoms with Crippen LogP contribution in [0.2, 0.25) is 0 Å². The molecule has 158 valence electrons. The van der Waals surface area contributed by atoms with Crippen LogP contribution in [0, 0.1) is 17.2 Å². The number of thioether (sulfide) groups is 2. The van der Waals surface area contributed by atoms with E-state index in [1.165, 1.54) is 36.4 Å². The maximum atomic E-state index is 12.6. The molecule has 7 nitrogen and oxygen atoms in total. The predicted molar refractivity (Wildman–Crippen MR) is 121 cm³/mol. The molecule has 0 radical (unpaired) electrons. The van der Waals surface area contributed by atoms with Gasteiger partial charge in [-0.15, -0.1) is 22.0 Å². The molecule has 1 saturated heterocycles. The van der Waals surface area contributed by atoms with Crippen molar-refractivity contribution in [1.82, 2.24) is 14.8 Å². The molecule has 1 N–H and O–H groups in total. The number of rotatable bonds is 8. The summed E-state index contributed by atoms with van der Waals surface area (Å²) in [6.45, 7) is 4.35. The van der Waals surface area contributed by atoms with Crippen LogP contribution in [0.25, 0.3) is 0 Å². The van der Waals surface area contributed by atoms with Crippen molar-refractivity contribution in [3.63, 3.8) is 0 Å². The average molecular weight is 443 g/mol. The second-order valence-corrected chi connectivity index (χ2v) is 9.79. The van der Waals surface area contributed by atoms with E-state index in [-0.39, 0.29) is 11.7 Å². The van der Waals surface area contributed by atoms with Crippen LogP contribution in [0.3, 0.4) is 0 Å². The first-order valence-corrected chi connectivity index (χ1v) is 12.3. The zero-order valence-electron chi connectivity index (χ0n) is 17.1. The second kappa shape index (κ2) is 9.75. The van der Waals surface area contributed by atoms with Crippen LogP contribution < -0.4 is 10.2 Å². The van der Waals surface area contributed by atoms with Gasteiger partial charge in [-0.2, -0.15) is 5.26 Å². The summed E-state index contributed by atoms with van der Waals surface area (Å²) < 4.78 is 2.24. The summed E-state index contributed by atoms with van der Waals surface area (Å²) >= 11 is 2.87. The van der Waals surface area contributed by atoms with E-state index in [9.17, 15) is 4.79 Å². The van der Waals surface area contributed by atoms with Gasteiger partial charge in [0.2, 0.25) is 11.9 Å². The maximum absolute atomic E-state index is 12.6. The lowest BCUT2D eigenvalue weighted by Crippen LogP contribution is -2.34. The average Bonchev–Trinajstić information content (AvgIpc) is 3.51. The van der Waals surface area contributed by atoms with Gasteiger partial charge in [-0.3, -0.25) is 9.36 Å². The van der Waals surface area contributed by atoms with Gasteiger partial charge < -0.3 is 10.2 Å². The Bertz CT molecular complexity index is 928. The third-order valence-electron chi connectivity index (χ3n) is 5.41. The number of benzene rings is 1. The molecule has 4 rings (SSSR count). The number of carbonyl (C=O) groups excluding carboxylic acids is 1. The van der Waals surface area contributed by atoms with E-state index < -0.39 is 0 Å². The topological polar surface area (TPSA) is 86.8 Å². The number of nitrogens with one attached hydrogen (secondary N) is 1. The Morgan fingerprint density at radius 2 is 1.97 bits per heavy atom. The number of para-hydroxylation sites is 1. The highest BCUT2D eigenvalue weighted by molar-refractivity contribution is 8.00. The second-order valence-electron chi connectivity index (χ2n) is 7.83. The summed E-state index contributed by atoms with van der Waals surface area (Å²) in [6, 6.07) is 10.2. The van der Waals surface area contributed by atoms with E-state index >= 15 is 0 Å². The number of hydrogen-bond acceptors (Lipinski definition) is 7. The fourth-order valence-corrected chi connectivity index (χ4v) is 5.04. The number of anilines is 2. The number of hydrogen-bond donors (Lipinski definition) is 1. The van der Waals surface area contributed by atoms with Crippen molar-refractivity contribution in [2.24, 2.45) is 5.92 Å². The van der Waals surface area contributed by atoms with Gasteiger partial charge in [0.1, 0.15) is 0 Å². The number of piperidine rings is 1. The van der Waals surface area contributed by atoms with Crippen molar-refractivity contribution in [2.75, 3.05) is 34.8 Å². The summed E-state index contributed by atoms with van der Waals surface area (Å²) in [7, 11) is 0. The van der Waals surface area contributed by atoms with Crippen molar-refractivity contribution in [3.05, 3.63) is 24.3 Å². The highest BCUT2D eigenvalue weighted by atomic mass is 32.2. The minimum atomic E-state index is -0.0799. The largest absolute Gasteiger partial charge is 0.341 e. The van der Waals surface area contributed by atoms with E-state index in [0.717, 1.165) is 53.5 Å². The van der Waals surface area contributed by atoms with Gasteiger partial charge in [-0.05, 0) is 43.7 Å². The number of nitrogens with zero attached hydrogens (tertiary/aromatic N) is 5. The normalized spacial score (nSPS) is 17.0. The van der Waals surface area contributed by atoms with Crippen LogP contribution in [0.5, 0.6) is 0 Å². The Morgan fingerprint density at radius 3 is 2.70 bits per heavy atom. The minimum absolute atomic E-state index is 0.0799. The third-order valence-corrected chi connectivity index (χ3v) is 7.29. The Kier molecular flexibility index (Phi) is 6.85.